The monoisotopic (exact) mass is 273 g/mol. The highest BCUT2D eigenvalue weighted by molar-refractivity contribution is 5.91. The van der Waals surface area contributed by atoms with E-state index in [2.05, 4.69) is 17.0 Å². The highest BCUT2D eigenvalue weighted by Gasteiger charge is 2.15. The molecule has 2 aromatic rings. The van der Waals surface area contributed by atoms with Crippen molar-refractivity contribution in [3.63, 3.8) is 0 Å². The Hall–Kier alpha value is -2.17. The van der Waals surface area contributed by atoms with Gasteiger partial charge in [-0.15, -0.1) is 0 Å². The zero-order valence-corrected chi connectivity index (χ0v) is 12.1. The number of hydrogen-bond acceptors (Lipinski definition) is 4. The second-order valence-electron chi connectivity index (χ2n) is 4.56. The van der Waals surface area contributed by atoms with Crippen molar-refractivity contribution < 1.29 is 9.53 Å². The zero-order valence-electron chi connectivity index (χ0n) is 12.1. The van der Waals surface area contributed by atoms with E-state index < -0.39 is 0 Å². The van der Waals surface area contributed by atoms with Gasteiger partial charge in [0.25, 0.3) is 0 Å². The number of ether oxygens (including phenoxy) is 1. The van der Waals surface area contributed by atoms with Crippen LogP contribution in [0.1, 0.15) is 36.3 Å². The van der Waals surface area contributed by atoms with Gasteiger partial charge in [-0.1, -0.05) is 13.3 Å². The van der Waals surface area contributed by atoms with Gasteiger partial charge in [-0.2, -0.15) is 5.10 Å². The predicted octanol–water partition coefficient (Wildman–Crippen LogP) is 2.61. The zero-order chi connectivity index (χ0) is 14.5. The summed E-state index contributed by atoms with van der Waals surface area (Å²) in [7, 11) is 1.86. The Labute approximate surface area is 118 Å². The largest absolute Gasteiger partial charge is 0.462 e. The molecule has 0 aliphatic rings. The molecule has 0 radical (unpaired) electrons. The van der Waals surface area contributed by atoms with Crippen LogP contribution in [0.5, 0.6) is 0 Å². The maximum absolute atomic E-state index is 11.9. The molecule has 0 saturated heterocycles. The van der Waals surface area contributed by atoms with E-state index in [1.807, 2.05) is 19.3 Å². The van der Waals surface area contributed by atoms with Crippen LogP contribution in [0, 0.1) is 0 Å². The Morgan fingerprint density at radius 1 is 1.35 bits per heavy atom. The number of pyridine rings is 1. The molecule has 0 N–H and O–H groups in total. The van der Waals surface area contributed by atoms with Crippen molar-refractivity contribution in [3.8, 4) is 11.3 Å². The Morgan fingerprint density at radius 2 is 2.15 bits per heavy atom. The van der Waals surface area contributed by atoms with E-state index in [0.717, 1.165) is 29.8 Å². The number of aryl methyl sites for hydroxylation is 2. The second-order valence-corrected chi connectivity index (χ2v) is 4.56. The van der Waals surface area contributed by atoms with Gasteiger partial charge < -0.3 is 4.74 Å². The minimum Gasteiger partial charge on any atom is -0.462 e. The summed E-state index contributed by atoms with van der Waals surface area (Å²) in [6.45, 7) is 4.23. The first-order valence-corrected chi connectivity index (χ1v) is 6.81. The van der Waals surface area contributed by atoms with Crippen LogP contribution < -0.4 is 0 Å². The fourth-order valence-corrected chi connectivity index (χ4v) is 2.04. The lowest BCUT2D eigenvalue weighted by atomic mass is 10.1. The fraction of sp³-hybridized carbons (Fsp3) is 0.400. The molecule has 0 spiro atoms. The van der Waals surface area contributed by atoms with Crippen molar-refractivity contribution in [1.82, 2.24) is 14.8 Å². The smallest absolute Gasteiger partial charge is 0.339 e. The molecule has 0 fully saturated rings. The normalized spacial score (nSPS) is 10.6. The molecular weight excluding hydrogens is 254 g/mol. The lowest BCUT2D eigenvalue weighted by Crippen LogP contribution is -2.10. The van der Waals surface area contributed by atoms with Crippen LogP contribution in [0.25, 0.3) is 11.3 Å². The number of carbonyl (C=O) groups excluding carboxylic acids is 1. The van der Waals surface area contributed by atoms with Crippen LogP contribution in [0.4, 0.5) is 0 Å². The van der Waals surface area contributed by atoms with Crippen LogP contribution in [0.3, 0.4) is 0 Å². The molecular formula is C15H19N3O2. The first-order valence-electron chi connectivity index (χ1n) is 6.81. The molecule has 0 aromatic carbocycles. The van der Waals surface area contributed by atoms with Crippen LogP contribution in [0.15, 0.2) is 24.5 Å². The van der Waals surface area contributed by atoms with E-state index in [1.165, 1.54) is 0 Å². The van der Waals surface area contributed by atoms with Gasteiger partial charge in [0, 0.05) is 18.8 Å². The molecule has 2 aromatic heterocycles. The predicted molar refractivity (Wildman–Crippen MR) is 76.4 cm³/mol. The van der Waals surface area contributed by atoms with Gasteiger partial charge in [-0.05, 0) is 25.5 Å². The average molecular weight is 273 g/mol. The van der Waals surface area contributed by atoms with Crippen molar-refractivity contribution in [3.05, 3.63) is 35.8 Å². The molecule has 106 valence electrons. The van der Waals surface area contributed by atoms with Crippen molar-refractivity contribution >= 4 is 5.97 Å². The van der Waals surface area contributed by atoms with E-state index >= 15 is 0 Å². The summed E-state index contributed by atoms with van der Waals surface area (Å²) >= 11 is 0. The maximum Gasteiger partial charge on any atom is 0.339 e. The van der Waals surface area contributed by atoms with E-state index in [4.69, 9.17) is 4.74 Å². The molecule has 0 amide bonds. The fourth-order valence-electron chi connectivity index (χ4n) is 2.04. The Bertz CT molecular complexity index is 605. The first kappa shape index (κ1) is 14.2. The summed E-state index contributed by atoms with van der Waals surface area (Å²) in [6, 6.07) is 3.63. The summed E-state index contributed by atoms with van der Waals surface area (Å²) in [6.07, 6.45) is 5.35. The minimum atomic E-state index is -0.304. The lowest BCUT2D eigenvalue weighted by Gasteiger charge is -2.09. The molecule has 5 heteroatoms. The molecule has 2 rings (SSSR count). The second kappa shape index (κ2) is 6.32. The van der Waals surface area contributed by atoms with Gasteiger partial charge in [-0.25, -0.2) is 4.79 Å². The first-order chi connectivity index (χ1) is 9.65. The van der Waals surface area contributed by atoms with E-state index in [1.54, 1.807) is 23.9 Å². The highest BCUT2D eigenvalue weighted by Crippen LogP contribution is 2.20. The van der Waals surface area contributed by atoms with Gasteiger partial charge in [0.2, 0.25) is 0 Å². The van der Waals surface area contributed by atoms with E-state index in [9.17, 15) is 4.79 Å². The summed E-state index contributed by atoms with van der Waals surface area (Å²) in [5.74, 6) is -0.304. The van der Waals surface area contributed by atoms with Gasteiger partial charge >= 0.3 is 5.97 Å². The Morgan fingerprint density at radius 3 is 2.75 bits per heavy atom. The molecule has 0 atom stereocenters. The maximum atomic E-state index is 11.9. The van der Waals surface area contributed by atoms with Crippen LogP contribution in [0.2, 0.25) is 0 Å². The van der Waals surface area contributed by atoms with Gasteiger partial charge in [0.05, 0.1) is 29.8 Å². The molecule has 20 heavy (non-hydrogen) atoms. The summed E-state index contributed by atoms with van der Waals surface area (Å²) in [5, 5.41) is 4.14. The molecule has 0 bridgehead atoms. The number of carbonyl (C=O) groups is 1. The Kier molecular flexibility index (Phi) is 4.50. The quantitative estimate of drug-likeness (QED) is 0.786. The van der Waals surface area contributed by atoms with Crippen molar-refractivity contribution in [1.29, 1.82) is 0 Å². The third-order valence-electron chi connectivity index (χ3n) is 2.96. The third kappa shape index (κ3) is 3.04. The number of hydrogen-bond donors (Lipinski definition) is 0. The van der Waals surface area contributed by atoms with E-state index in [-0.39, 0.29) is 5.97 Å². The summed E-state index contributed by atoms with van der Waals surface area (Å²) in [5.41, 5.74) is 3.11. The molecule has 0 aliphatic heterocycles. The highest BCUT2D eigenvalue weighted by atomic mass is 16.5. The molecule has 0 aliphatic carbocycles. The van der Waals surface area contributed by atoms with Crippen LogP contribution >= 0.6 is 0 Å². The third-order valence-corrected chi connectivity index (χ3v) is 2.96. The topological polar surface area (TPSA) is 57.0 Å². The Balaban J connectivity index is 2.39. The number of nitrogens with zero attached hydrogens (tertiary/aromatic N) is 3. The van der Waals surface area contributed by atoms with Gasteiger partial charge in [0.1, 0.15) is 0 Å². The van der Waals surface area contributed by atoms with Gasteiger partial charge in [-0.3, -0.25) is 9.67 Å². The minimum absolute atomic E-state index is 0.304. The molecule has 0 unspecified atom stereocenters. The molecule has 5 nitrogen and oxygen atoms in total. The number of esters is 1. The summed E-state index contributed by atoms with van der Waals surface area (Å²) < 4.78 is 6.80. The van der Waals surface area contributed by atoms with Crippen molar-refractivity contribution in [2.45, 2.75) is 26.7 Å². The van der Waals surface area contributed by atoms with Crippen molar-refractivity contribution in [2.75, 3.05) is 6.61 Å². The molecule has 2 heterocycles. The van der Waals surface area contributed by atoms with Crippen LogP contribution in [-0.4, -0.2) is 27.3 Å². The standard InChI is InChI=1S/C15H19N3O2/c1-4-6-14-12(15(19)20-5-2)7-8-13(17-14)11-9-16-18(3)10-11/h7-10H,4-6H2,1-3H3. The SMILES string of the molecule is CCCc1nc(-c2cnn(C)c2)ccc1C(=O)OCC. The number of rotatable bonds is 5. The van der Waals surface area contributed by atoms with E-state index in [0.29, 0.717) is 12.2 Å². The van der Waals surface area contributed by atoms with Crippen molar-refractivity contribution in [2.24, 2.45) is 7.05 Å². The summed E-state index contributed by atoms with van der Waals surface area (Å²) in [4.78, 5) is 16.5. The number of aromatic nitrogens is 3. The van der Waals surface area contributed by atoms with Crippen LogP contribution in [-0.2, 0) is 18.2 Å². The lowest BCUT2D eigenvalue weighted by molar-refractivity contribution is 0.0524. The molecule has 0 saturated carbocycles. The van der Waals surface area contributed by atoms with Gasteiger partial charge in [0.15, 0.2) is 0 Å². The average Bonchev–Trinajstić information content (AvgIpc) is 2.86.